The fourth-order valence-corrected chi connectivity index (χ4v) is 2.27. The normalized spacial score (nSPS) is 21.0. The Morgan fingerprint density at radius 2 is 2.22 bits per heavy atom. The Bertz CT molecular complexity index is 421. The quantitative estimate of drug-likeness (QED) is 0.852. The summed E-state index contributed by atoms with van der Waals surface area (Å²) in [4.78, 5) is 23.3. The summed E-state index contributed by atoms with van der Waals surface area (Å²) in [5.41, 5.74) is -0.0148. The van der Waals surface area contributed by atoms with Crippen LogP contribution in [0.1, 0.15) is 24.3 Å². The van der Waals surface area contributed by atoms with Gasteiger partial charge in [-0.25, -0.2) is 14.8 Å². The molecule has 0 radical (unpaired) electrons. The van der Waals surface area contributed by atoms with E-state index in [0.717, 1.165) is 32.0 Å². The molecular formula is C12H18N4O2. The van der Waals surface area contributed by atoms with Crippen molar-refractivity contribution in [2.75, 3.05) is 31.1 Å². The largest absolute Gasteiger partial charge is 0.476 e. The number of carboxylic acids is 1. The van der Waals surface area contributed by atoms with Gasteiger partial charge in [-0.05, 0) is 13.5 Å². The number of aromatic carboxylic acids is 1. The van der Waals surface area contributed by atoms with Gasteiger partial charge < -0.3 is 10.0 Å². The van der Waals surface area contributed by atoms with E-state index in [2.05, 4.69) is 33.6 Å². The van der Waals surface area contributed by atoms with Crippen LogP contribution >= 0.6 is 0 Å². The summed E-state index contributed by atoms with van der Waals surface area (Å²) in [5, 5.41) is 8.77. The van der Waals surface area contributed by atoms with E-state index < -0.39 is 5.97 Å². The van der Waals surface area contributed by atoms with E-state index in [4.69, 9.17) is 5.11 Å². The van der Waals surface area contributed by atoms with Gasteiger partial charge in [0.05, 0.1) is 12.4 Å². The molecule has 1 aromatic rings. The zero-order chi connectivity index (χ0) is 13.1. The lowest BCUT2D eigenvalue weighted by Crippen LogP contribution is -2.52. The van der Waals surface area contributed by atoms with Gasteiger partial charge in [0.2, 0.25) is 0 Å². The van der Waals surface area contributed by atoms with Crippen molar-refractivity contribution in [2.24, 2.45) is 0 Å². The summed E-state index contributed by atoms with van der Waals surface area (Å²) in [6.07, 6.45) is 2.85. The maximum Gasteiger partial charge on any atom is 0.356 e. The number of likely N-dealkylation sites (N-methyl/N-ethyl adjacent to an activating group) is 1. The van der Waals surface area contributed by atoms with Gasteiger partial charge in [-0.3, -0.25) is 4.90 Å². The molecule has 2 heterocycles. The van der Waals surface area contributed by atoms with Crippen LogP contribution in [0, 0.1) is 0 Å². The lowest BCUT2D eigenvalue weighted by Gasteiger charge is -2.39. The number of anilines is 1. The van der Waals surface area contributed by atoms with Crippen LogP contribution in [0.5, 0.6) is 0 Å². The van der Waals surface area contributed by atoms with Gasteiger partial charge >= 0.3 is 5.97 Å². The van der Waals surface area contributed by atoms with E-state index >= 15 is 0 Å². The van der Waals surface area contributed by atoms with E-state index in [1.165, 1.54) is 12.4 Å². The van der Waals surface area contributed by atoms with E-state index in [1.807, 2.05) is 0 Å². The first kappa shape index (κ1) is 12.8. The molecule has 0 bridgehead atoms. The molecule has 1 saturated heterocycles. The van der Waals surface area contributed by atoms with E-state index in [9.17, 15) is 4.79 Å². The average molecular weight is 250 g/mol. The molecule has 1 aliphatic heterocycles. The maximum absolute atomic E-state index is 10.7. The molecule has 0 saturated carbocycles. The van der Waals surface area contributed by atoms with Gasteiger partial charge in [0.1, 0.15) is 5.82 Å². The Balaban J connectivity index is 2.06. The zero-order valence-corrected chi connectivity index (χ0v) is 10.7. The molecule has 0 amide bonds. The Kier molecular flexibility index (Phi) is 3.76. The van der Waals surface area contributed by atoms with Crippen molar-refractivity contribution in [1.29, 1.82) is 0 Å². The van der Waals surface area contributed by atoms with Crippen LogP contribution in [-0.4, -0.2) is 58.2 Å². The van der Waals surface area contributed by atoms with Crippen LogP contribution in [0.3, 0.4) is 0 Å². The Hall–Kier alpha value is -1.69. The molecule has 98 valence electrons. The second kappa shape index (κ2) is 5.30. The molecule has 6 nitrogen and oxygen atoms in total. The Morgan fingerprint density at radius 3 is 2.72 bits per heavy atom. The third kappa shape index (κ3) is 2.59. The molecule has 1 N–H and O–H groups in total. The maximum atomic E-state index is 10.7. The van der Waals surface area contributed by atoms with Crippen LogP contribution in [0.25, 0.3) is 0 Å². The van der Waals surface area contributed by atoms with Crippen LogP contribution in [0.4, 0.5) is 5.82 Å². The second-order valence-electron chi connectivity index (χ2n) is 4.49. The molecule has 1 unspecified atom stereocenters. The lowest BCUT2D eigenvalue weighted by molar-refractivity contribution is 0.0690. The highest BCUT2D eigenvalue weighted by atomic mass is 16.4. The molecule has 0 aliphatic carbocycles. The van der Waals surface area contributed by atoms with Gasteiger partial charge in [-0.15, -0.1) is 0 Å². The molecule has 2 rings (SSSR count). The fourth-order valence-electron chi connectivity index (χ4n) is 2.27. The highest BCUT2D eigenvalue weighted by molar-refractivity contribution is 5.84. The van der Waals surface area contributed by atoms with Gasteiger partial charge in [0.15, 0.2) is 5.69 Å². The minimum absolute atomic E-state index is 0.0148. The molecule has 6 heteroatoms. The highest BCUT2D eigenvalue weighted by Gasteiger charge is 2.23. The summed E-state index contributed by atoms with van der Waals surface area (Å²) in [5.74, 6) is -0.291. The van der Waals surface area contributed by atoms with Gasteiger partial charge in [0.25, 0.3) is 0 Å². The van der Waals surface area contributed by atoms with Gasteiger partial charge in [0, 0.05) is 25.7 Å². The van der Waals surface area contributed by atoms with Crippen molar-refractivity contribution in [3.05, 3.63) is 18.1 Å². The molecule has 1 atom stereocenters. The van der Waals surface area contributed by atoms with Crippen molar-refractivity contribution in [2.45, 2.75) is 19.9 Å². The molecule has 18 heavy (non-hydrogen) atoms. The van der Waals surface area contributed by atoms with Crippen molar-refractivity contribution in [3.63, 3.8) is 0 Å². The minimum Gasteiger partial charge on any atom is -0.476 e. The first-order valence-corrected chi connectivity index (χ1v) is 6.16. The number of hydrogen-bond donors (Lipinski definition) is 1. The fraction of sp³-hybridized carbons (Fsp3) is 0.583. The summed E-state index contributed by atoms with van der Waals surface area (Å²) in [6, 6.07) is 0.477. The topological polar surface area (TPSA) is 69.6 Å². The molecule has 1 fully saturated rings. The van der Waals surface area contributed by atoms with Crippen LogP contribution in [-0.2, 0) is 0 Å². The highest BCUT2D eigenvalue weighted by Crippen LogP contribution is 2.15. The Morgan fingerprint density at radius 1 is 1.44 bits per heavy atom. The lowest BCUT2D eigenvalue weighted by atomic mass is 10.2. The van der Waals surface area contributed by atoms with E-state index in [-0.39, 0.29) is 5.69 Å². The number of nitrogens with zero attached hydrogens (tertiary/aromatic N) is 4. The first-order valence-electron chi connectivity index (χ1n) is 6.16. The number of carboxylic acid groups (broad SMARTS) is 1. The van der Waals surface area contributed by atoms with Gasteiger partial charge in [-0.1, -0.05) is 6.92 Å². The molecule has 0 aromatic carbocycles. The number of rotatable bonds is 3. The SMILES string of the molecule is CCN1CCN(c2cnc(C(=O)O)cn2)CC1C. The molecule has 0 spiro atoms. The number of aromatic nitrogens is 2. The second-order valence-corrected chi connectivity index (χ2v) is 4.49. The van der Waals surface area contributed by atoms with Crippen LogP contribution in [0.2, 0.25) is 0 Å². The Labute approximate surface area is 106 Å². The number of piperazine rings is 1. The van der Waals surface area contributed by atoms with Crippen LogP contribution in [0.15, 0.2) is 12.4 Å². The molecule has 1 aromatic heterocycles. The van der Waals surface area contributed by atoms with E-state index in [1.54, 1.807) is 0 Å². The summed E-state index contributed by atoms with van der Waals surface area (Å²) >= 11 is 0. The summed E-state index contributed by atoms with van der Waals surface area (Å²) < 4.78 is 0. The minimum atomic E-state index is -1.04. The van der Waals surface area contributed by atoms with Crippen LogP contribution < -0.4 is 4.90 Å². The predicted octanol–water partition coefficient (Wildman–Crippen LogP) is 0.705. The zero-order valence-electron chi connectivity index (χ0n) is 10.7. The first-order chi connectivity index (χ1) is 8.61. The van der Waals surface area contributed by atoms with Crippen molar-refractivity contribution in [3.8, 4) is 0 Å². The van der Waals surface area contributed by atoms with Crippen molar-refractivity contribution >= 4 is 11.8 Å². The number of hydrogen-bond acceptors (Lipinski definition) is 5. The van der Waals surface area contributed by atoms with Gasteiger partial charge in [-0.2, -0.15) is 0 Å². The average Bonchev–Trinajstić information content (AvgIpc) is 2.38. The summed E-state index contributed by atoms with van der Waals surface area (Å²) in [6.45, 7) is 8.20. The van der Waals surface area contributed by atoms with E-state index in [0.29, 0.717) is 6.04 Å². The predicted molar refractivity (Wildman–Crippen MR) is 67.9 cm³/mol. The van der Waals surface area contributed by atoms with Crippen molar-refractivity contribution in [1.82, 2.24) is 14.9 Å². The molecule has 1 aliphatic rings. The monoisotopic (exact) mass is 250 g/mol. The third-order valence-corrected chi connectivity index (χ3v) is 3.35. The summed E-state index contributed by atoms with van der Waals surface area (Å²) in [7, 11) is 0. The third-order valence-electron chi connectivity index (χ3n) is 3.35. The smallest absolute Gasteiger partial charge is 0.356 e. The van der Waals surface area contributed by atoms with Crippen molar-refractivity contribution < 1.29 is 9.90 Å². The number of carbonyl (C=O) groups is 1. The molecular weight excluding hydrogens is 232 g/mol. The standard InChI is InChI=1S/C12H18N4O2/c1-3-15-4-5-16(8-9(15)2)11-7-13-10(6-14-11)12(17)18/h6-7,9H,3-5,8H2,1-2H3,(H,17,18).